The summed E-state index contributed by atoms with van der Waals surface area (Å²) in [6, 6.07) is 3.16. The molecule has 2 N–H and O–H groups in total. The maximum Gasteiger partial charge on any atom is 0.191 e. The molecule has 0 unspecified atom stereocenters. The van der Waals surface area contributed by atoms with Crippen LogP contribution in [0, 0.1) is 0 Å². The summed E-state index contributed by atoms with van der Waals surface area (Å²) in [4.78, 5) is 0. The maximum absolute atomic E-state index is 5.99. The van der Waals surface area contributed by atoms with Crippen molar-refractivity contribution < 1.29 is 0 Å². The fraction of sp³-hybridized carbons (Fsp3) is 0.200. The molecule has 0 aromatic heterocycles. The number of halogens is 3. The Morgan fingerprint density at radius 2 is 1.71 bits per heavy atom. The van der Waals surface area contributed by atoms with Crippen molar-refractivity contribution in [1.82, 2.24) is 5.43 Å². The molecule has 0 aliphatic rings. The van der Waals surface area contributed by atoms with Crippen molar-refractivity contribution >= 4 is 63.5 Å². The maximum atomic E-state index is 5.99. The van der Waals surface area contributed by atoms with E-state index < -0.39 is 0 Å². The lowest BCUT2D eigenvalue weighted by molar-refractivity contribution is 1.03. The van der Waals surface area contributed by atoms with E-state index in [1.165, 1.54) is 0 Å². The highest BCUT2D eigenvalue weighted by atomic mass is 35.5. The Kier molecular flexibility index (Phi) is 5.46. The second kappa shape index (κ2) is 6.40. The average Bonchev–Trinajstić information content (AvgIpc) is 2.20. The Bertz CT molecular complexity index is 447. The molecule has 0 fully saturated rings. The molecule has 3 nitrogen and oxygen atoms in total. The molecule has 1 rings (SSSR count). The lowest BCUT2D eigenvalue weighted by Gasteiger charge is -2.11. The van der Waals surface area contributed by atoms with Crippen LogP contribution in [0.4, 0.5) is 5.69 Å². The van der Waals surface area contributed by atoms with Crippen LogP contribution in [0.2, 0.25) is 15.1 Å². The van der Waals surface area contributed by atoms with E-state index in [2.05, 4.69) is 15.8 Å². The molecule has 0 heterocycles. The number of hydrogen-bond acceptors (Lipinski definition) is 2. The first kappa shape index (κ1) is 14.5. The molecule has 0 radical (unpaired) electrons. The van der Waals surface area contributed by atoms with Gasteiger partial charge in [0, 0.05) is 10.7 Å². The zero-order valence-electron chi connectivity index (χ0n) is 9.14. The predicted octanol–water partition coefficient (Wildman–Crippen LogP) is 4.33. The number of anilines is 1. The Labute approximate surface area is 120 Å². The van der Waals surface area contributed by atoms with Crippen LogP contribution in [0.25, 0.3) is 0 Å². The van der Waals surface area contributed by atoms with E-state index in [4.69, 9.17) is 47.0 Å². The zero-order valence-corrected chi connectivity index (χ0v) is 12.2. The molecule has 0 atom stereocenters. The average molecular weight is 311 g/mol. The molecule has 0 saturated carbocycles. The molecule has 1 aromatic rings. The van der Waals surface area contributed by atoms with Gasteiger partial charge in [0.25, 0.3) is 0 Å². The number of thiocarbonyl (C=S) groups is 1. The number of nitrogens with one attached hydrogen (secondary N) is 2. The van der Waals surface area contributed by atoms with Crippen molar-refractivity contribution in [1.29, 1.82) is 0 Å². The van der Waals surface area contributed by atoms with E-state index in [-0.39, 0.29) is 0 Å². The lowest BCUT2D eigenvalue weighted by Crippen LogP contribution is -2.24. The van der Waals surface area contributed by atoms with Crippen molar-refractivity contribution in [2.24, 2.45) is 5.10 Å². The topological polar surface area (TPSA) is 36.4 Å². The van der Waals surface area contributed by atoms with Crippen molar-refractivity contribution in [2.45, 2.75) is 13.8 Å². The van der Waals surface area contributed by atoms with E-state index in [0.29, 0.717) is 25.9 Å². The zero-order chi connectivity index (χ0) is 13.0. The van der Waals surface area contributed by atoms with Gasteiger partial charge in [-0.1, -0.05) is 34.8 Å². The first-order chi connectivity index (χ1) is 7.90. The molecule has 0 aliphatic heterocycles. The van der Waals surface area contributed by atoms with Crippen molar-refractivity contribution in [2.75, 3.05) is 5.32 Å². The van der Waals surface area contributed by atoms with Crippen molar-refractivity contribution in [3.8, 4) is 0 Å². The monoisotopic (exact) mass is 309 g/mol. The summed E-state index contributed by atoms with van der Waals surface area (Å²) in [7, 11) is 0. The summed E-state index contributed by atoms with van der Waals surface area (Å²) in [6.07, 6.45) is 0. The van der Waals surface area contributed by atoms with Gasteiger partial charge in [-0.2, -0.15) is 5.10 Å². The minimum atomic E-state index is 0.303. The summed E-state index contributed by atoms with van der Waals surface area (Å²) in [5, 5.41) is 8.35. The summed E-state index contributed by atoms with van der Waals surface area (Å²) < 4.78 is 0. The van der Waals surface area contributed by atoms with Crippen LogP contribution in [0.1, 0.15) is 13.8 Å². The van der Waals surface area contributed by atoms with Crippen LogP contribution < -0.4 is 10.7 Å². The van der Waals surface area contributed by atoms with Crippen LogP contribution in [0.3, 0.4) is 0 Å². The SMILES string of the molecule is CC(C)=NNC(=S)Nc1c(Cl)cc(Cl)cc1Cl. The third-order valence-corrected chi connectivity index (χ3v) is 2.63. The Morgan fingerprint density at radius 3 is 2.18 bits per heavy atom. The minimum Gasteiger partial charge on any atom is -0.329 e. The van der Waals surface area contributed by atoms with Crippen LogP contribution >= 0.6 is 47.0 Å². The van der Waals surface area contributed by atoms with E-state index in [9.17, 15) is 0 Å². The molecule has 7 heteroatoms. The highest BCUT2D eigenvalue weighted by Crippen LogP contribution is 2.33. The van der Waals surface area contributed by atoms with Crippen molar-refractivity contribution in [3.05, 3.63) is 27.2 Å². The first-order valence-electron chi connectivity index (χ1n) is 4.62. The molecule has 0 aliphatic carbocycles. The normalized spacial score (nSPS) is 9.71. The van der Waals surface area contributed by atoms with Gasteiger partial charge in [0.2, 0.25) is 0 Å². The standard InChI is InChI=1S/C10H10Cl3N3S/c1-5(2)15-16-10(17)14-9-7(12)3-6(11)4-8(9)13/h3-4H,1-2H3,(H2,14,16,17). The van der Waals surface area contributed by atoms with E-state index in [1.807, 2.05) is 13.8 Å². The quantitative estimate of drug-likeness (QED) is 0.485. The molecule has 0 spiro atoms. The summed E-state index contributed by atoms with van der Waals surface area (Å²) >= 11 is 22.8. The van der Waals surface area contributed by atoms with Gasteiger partial charge in [-0.15, -0.1) is 0 Å². The van der Waals surface area contributed by atoms with Gasteiger partial charge in [-0.25, -0.2) is 0 Å². The molecule has 0 amide bonds. The lowest BCUT2D eigenvalue weighted by atomic mass is 10.3. The van der Waals surface area contributed by atoms with Gasteiger partial charge in [0.15, 0.2) is 5.11 Å². The van der Waals surface area contributed by atoms with Gasteiger partial charge >= 0.3 is 0 Å². The summed E-state index contributed by atoms with van der Waals surface area (Å²) in [5.74, 6) is 0. The molecule has 17 heavy (non-hydrogen) atoms. The number of hydrazone groups is 1. The molecule has 92 valence electrons. The Balaban J connectivity index is 2.82. The van der Waals surface area contributed by atoms with Gasteiger partial charge < -0.3 is 5.32 Å². The van der Waals surface area contributed by atoms with Gasteiger partial charge in [-0.3, -0.25) is 5.43 Å². The third-order valence-electron chi connectivity index (χ3n) is 1.63. The largest absolute Gasteiger partial charge is 0.329 e. The van der Waals surface area contributed by atoms with Crippen LogP contribution in [-0.2, 0) is 0 Å². The fourth-order valence-electron chi connectivity index (χ4n) is 0.966. The van der Waals surface area contributed by atoms with Crippen LogP contribution in [0.15, 0.2) is 17.2 Å². The van der Waals surface area contributed by atoms with E-state index >= 15 is 0 Å². The molecule has 0 saturated heterocycles. The second-order valence-electron chi connectivity index (χ2n) is 3.37. The number of hydrogen-bond donors (Lipinski definition) is 2. The van der Waals surface area contributed by atoms with E-state index in [1.54, 1.807) is 12.1 Å². The third kappa shape index (κ3) is 4.68. The Hall–Kier alpha value is -0.550. The molecular weight excluding hydrogens is 301 g/mol. The predicted molar refractivity (Wildman–Crippen MR) is 79.6 cm³/mol. The van der Waals surface area contributed by atoms with Crippen molar-refractivity contribution in [3.63, 3.8) is 0 Å². The second-order valence-corrected chi connectivity index (χ2v) is 5.03. The number of nitrogens with zero attached hydrogens (tertiary/aromatic N) is 1. The molecule has 0 bridgehead atoms. The van der Waals surface area contributed by atoms with Gasteiger partial charge in [-0.05, 0) is 38.2 Å². The minimum absolute atomic E-state index is 0.303. The van der Waals surface area contributed by atoms with Gasteiger partial charge in [0.1, 0.15) is 0 Å². The smallest absolute Gasteiger partial charge is 0.191 e. The molecule has 1 aromatic carbocycles. The first-order valence-corrected chi connectivity index (χ1v) is 6.17. The Morgan fingerprint density at radius 1 is 1.18 bits per heavy atom. The van der Waals surface area contributed by atoms with Crippen LogP contribution in [0.5, 0.6) is 0 Å². The van der Waals surface area contributed by atoms with E-state index in [0.717, 1.165) is 5.71 Å². The molecular formula is C10H10Cl3N3S. The summed E-state index contributed by atoms with van der Waals surface area (Å²) in [6.45, 7) is 3.69. The highest BCUT2D eigenvalue weighted by molar-refractivity contribution is 7.80. The van der Waals surface area contributed by atoms with Gasteiger partial charge in [0.05, 0.1) is 15.7 Å². The van der Waals surface area contributed by atoms with Crippen LogP contribution in [-0.4, -0.2) is 10.8 Å². The fourth-order valence-corrected chi connectivity index (χ4v) is 2.02. The number of rotatable bonds is 2. The summed E-state index contributed by atoms with van der Waals surface area (Å²) in [5.41, 5.74) is 4.01. The highest BCUT2D eigenvalue weighted by Gasteiger charge is 2.08. The number of benzene rings is 1.